The standard InChI is InChI=1S/C23H45I/c24-23-21-19-17-15-13-11-9-7-5-3-1-2-4-6-8-10-12-14-16-18-20-22-23/h23H,1-22H2. The van der Waals surface area contributed by atoms with Crippen molar-refractivity contribution in [1.29, 1.82) is 0 Å². The van der Waals surface area contributed by atoms with E-state index in [1.54, 1.807) is 0 Å². The van der Waals surface area contributed by atoms with Crippen molar-refractivity contribution in [3.05, 3.63) is 0 Å². The molecule has 0 bridgehead atoms. The van der Waals surface area contributed by atoms with Crippen LogP contribution in [-0.4, -0.2) is 3.92 Å². The van der Waals surface area contributed by atoms with Crippen molar-refractivity contribution in [2.45, 2.75) is 145 Å². The monoisotopic (exact) mass is 448 g/mol. The molecule has 0 aromatic heterocycles. The lowest BCUT2D eigenvalue weighted by Gasteiger charge is -2.09. The Labute approximate surface area is 167 Å². The Hall–Kier alpha value is 0.730. The molecule has 0 unspecified atom stereocenters. The molecule has 144 valence electrons. The van der Waals surface area contributed by atoms with E-state index in [1.807, 2.05) is 0 Å². The second-order valence-corrected chi connectivity index (χ2v) is 10.0. The Kier molecular flexibility index (Phi) is 17.6. The number of hydrogen-bond acceptors (Lipinski definition) is 0. The zero-order valence-electron chi connectivity index (χ0n) is 16.5. The van der Waals surface area contributed by atoms with Gasteiger partial charge in [-0.15, -0.1) is 0 Å². The van der Waals surface area contributed by atoms with Crippen LogP contribution in [-0.2, 0) is 0 Å². The Balaban J connectivity index is 2.07. The molecule has 0 nitrogen and oxygen atoms in total. The molecule has 24 heavy (non-hydrogen) atoms. The van der Waals surface area contributed by atoms with Gasteiger partial charge in [-0.2, -0.15) is 0 Å². The van der Waals surface area contributed by atoms with Crippen molar-refractivity contribution in [1.82, 2.24) is 0 Å². The fraction of sp³-hybridized carbons (Fsp3) is 1.00. The molecule has 1 saturated carbocycles. The summed E-state index contributed by atoms with van der Waals surface area (Å²) in [6, 6.07) is 0. The Bertz CT molecular complexity index is 214. The summed E-state index contributed by atoms with van der Waals surface area (Å²) in [6.07, 6.45) is 32.8. The molecular weight excluding hydrogens is 403 g/mol. The molecule has 1 aliphatic carbocycles. The van der Waals surface area contributed by atoms with Crippen molar-refractivity contribution in [3.8, 4) is 0 Å². The van der Waals surface area contributed by atoms with Gasteiger partial charge in [0.15, 0.2) is 0 Å². The molecule has 0 saturated heterocycles. The van der Waals surface area contributed by atoms with Crippen LogP contribution < -0.4 is 0 Å². The first kappa shape index (κ1) is 22.8. The van der Waals surface area contributed by atoms with Crippen LogP contribution in [0.1, 0.15) is 141 Å². The fourth-order valence-electron chi connectivity index (χ4n) is 4.06. The van der Waals surface area contributed by atoms with Gasteiger partial charge in [-0.05, 0) is 12.8 Å². The van der Waals surface area contributed by atoms with Crippen LogP contribution in [0.5, 0.6) is 0 Å². The molecular formula is C23H45I. The van der Waals surface area contributed by atoms with Crippen LogP contribution in [0.3, 0.4) is 0 Å². The molecule has 0 spiro atoms. The van der Waals surface area contributed by atoms with Gasteiger partial charge < -0.3 is 0 Å². The highest BCUT2D eigenvalue weighted by molar-refractivity contribution is 14.1. The first-order valence-electron chi connectivity index (χ1n) is 11.5. The molecule has 0 radical (unpaired) electrons. The highest BCUT2D eigenvalue weighted by Gasteiger charge is 2.04. The third kappa shape index (κ3) is 16.2. The highest BCUT2D eigenvalue weighted by Crippen LogP contribution is 2.20. The second kappa shape index (κ2) is 18.5. The lowest BCUT2D eigenvalue weighted by atomic mass is 10.0. The SMILES string of the molecule is IC1CCCCCCCCCCCCCCCCCCCCCC1. The molecule has 0 aliphatic heterocycles. The summed E-state index contributed by atoms with van der Waals surface area (Å²) in [5, 5.41) is 0. The Morgan fingerprint density at radius 2 is 0.458 bits per heavy atom. The van der Waals surface area contributed by atoms with E-state index >= 15 is 0 Å². The first-order valence-corrected chi connectivity index (χ1v) is 12.8. The van der Waals surface area contributed by atoms with E-state index in [4.69, 9.17) is 0 Å². The van der Waals surface area contributed by atoms with Gasteiger partial charge in [-0.3, -0.25) is 0 Å². The normalized spacial score (nSPS) is 24.4. The topological polar surface area (TPSA) is 0 Å². The van der Waals surface area contributed by atoms with Crippen molar-refractivity contribution < 1.29 is 0 Å². The van der Waals surface area contributed by atoms with Crippen molar-refractivity contribution >= 4 is 22.6 Å². The lowest BCUT2D eigenvalue weighted by molar-refractivity contribution is 0.523. The average Bonchev–Trinajstić information content (AvgIpc) is 2.58. The molecule has 0 N–H and O–H groups in total. The van der Waals surface area contributed by atoms with E-state index in [2.05, 4.69) is 22.6 Å². The zero-order valence-corrected chi connectivity index (χ0v) is 18.7. The quantitative estimate of drug-likeness (QED) is 0.256. The van der Waals surface area contributed by atoms with Crippen LogP contribution in [0.25, 0.3) is 0 Å². The molecule has 0 heterocycles. The summed E-state index contributed by atoms with van der Waals surface area (Å²) in [5.41, 5.74) is 0. The molecule has 1 heteroatoms. The number of alkyl halides is 1. The van der Waals surface area contributed by atoms with Crippen LogP contribution >= 0.6 is 22.6 Å². The van der Waals surface area contributed by atoms with Crippen LogP contribution in [0.15, 0.2) is 0 Å². The maximum absolute atomic E-state index is 2.71. The zero-order chi connectivity index (χ0) is 17.1. The van der Waals surface area contributed by atoms with Crippen LogP contribution in [0, 0.1) is 0 Å². The minimum Gasteiger partial charge on any atom is -0.0826 e. The lowest BCUT2D eigenvalue weighted by Crippen LogP contribution is -1.97. The van der Waals surface area contributed by atoms with Gasteiger partial charge >= 0.3 is 0 Å². The fourth-order valence-corrected chi connectivity index (χ4v) is 4.94. The van der Waals surface area contributed by atoms with Gasteiger partial charge in [-0.1, -0.05) is 151 Å². The summed E-state index contributed by atoms with van der Waals surface area (Å²) in [4.78, 5) is 0. The van der Waals surface area contributed by atoms with Gasteiger partial charge in [0.05, 0.1) is 0 Å². The predicted molar refractivity (Wildman–Crippen MR) is 119 cm³/mol. The summed E-state index contributed by atoms with van der Waals surface area (Å²) in [5.74, 6) is 0. The molecule has 1 aliphatic rings. The molecule has 0 aromatic rings. The Morgan fingerprint density at radius 3 is 0.667 bits per heavy atom. The minimum atomic E-state index is 0.948. The number of halogens is 1. The van der Waals surface area contributed by atoms with Gasteiger partial charge in [-0.25, -0.2) is 0 Å². The van der Waals surface area contributed by atoms with Crippen molar-refractivity contribution in [2.75, 3.05) is 0 Å². The predicted octanol–water partition coefficient (Wildman–Crippen LogP) is 9.39. The largest absolute Gasteiger partial charge is 0.0826 e. The summed E-state index contributed by atoms with van der Waals surface area (Å²) < 4.78 is 0.948. The number of rotatable bonds is 0. The van der Waals surface area contributed by atoms with Crippen molar-refractivity contribution in [3.63, 3.8) is 0 Å². The summed E-state index contributed by atoms with van der Waals surface area (Å²) in [7, 11) is 0. The van der Waals surface area contributed by atoms with Gasteiger partial charge in [0.2, 0.25) is 0 Å². The minimum absolute atomic E-state index is 0.948. The molecule has 1 fully saturated rings. The highest BCUT2D eigenvalue weighted by atomic mass is 127. The Morgan fingerprint density at radius 1 is 0.292 bits per heavy atom. The molecule has 0 aromatic carbocycles. The first-order chi connectivity index (χ1) is 11.9. The van der Waals surface area contributed by atoms with E-state index in [0.29, 0.717) is 0 Å². The summed E-state index contributed by atoms with van der Waals surface area (Å²) >= 11 is 2.71. The van der Waals surface area contributed by atoms with Gasteiger partial charge in [0.1, 0.15) is 0 Å². The molecule has 0 amide bonds. The third-order valence-corrected chi connectivity index (χ3v) is 7.03. The van der Waals surface area contributed by atoms with E-state index in [1.165, 1.54) is 141 Å². The van der Waals surface area contributed by atoms with E-state index in [0.717, 1.165) is 3.92 Å². The third-order valence-electron chi connectivity index (χ3n) is 5.78. The van der Waals surface area contributed by atoms with E-state index in [9.17, 15) is 0 Å². The molecule has 0 atom stereocenters. The smallest absolute Gasteiger partial charge is 0.0110 e. The number of hydrogen-bond donors (Lipinski definition) is 0. The average molecular weight is 449 g/mol. The van der Waals surface area contributed by atoms with Gasteiger partial charge in [0.25, 0.3) is 0 Å². The van der Waals surface area contributed by atoms with Gasteiger partial charge in [0, 0.05) is 3.92 Å². The van der Waals surface area contributed by atoms with Crippen LogP contribution in [0.4, 0.5) is 0 Å². The second-order valence-electron chi connectivity index (χ2n) is 8.25. The van der Waals surface area contributed by atoms with Crippen molar-refractivity contribution in [2.24, 2.45) is 0 Å². The summed E-state index contributed by atoms with van der Waals surface area (Å²) in [6.45, 7) is 0. The maximum atomic E-state index is 2.71. The van der Waals surface area contributed by atoms with Crippen LogP contribution in [0.2, 0.25) is 0 Å². The molecule has 1 rings (SSSR count). The van der Waals surface area contributed by atoms with E-state index < -0.39 is 0 Å². The van der Waals surface area contributed by atoms with E-state index in [-0.39, 0.29) is 0 Å². The maximum Gasteiger partial charge on any atom is 0.0110 e.